The summed E-state index contributed by atoms with van der Waals surface area (Å²) < 4.78 is 16.8. The van der Waals surface area contributed by atoms with Crippen LogP contribution in [-0.4, -0.2) is 37.2 Å². The Morgan fingerprint density at radius 2 is 0.549 bits per heavy atom. The zero-order chi connectivity index (χ0) is 51.4. The van der Waals surface area contributed by atoms with Crippen molar-refractivity contribution in [3.05, 3.63) is 72.9 Å². The van der Waals surface area contributed by atoms with Crippen molar-refractivity contribution in [2.24, 2.45) is 0 Å². The quantitative estimate of drug-likeness (QED) is 0.0261. The summed E-state index contributed by atoms with van der Waals surface area (Å²) in [6, 6.07) is 0. The predicted molar refractivity (Wildman–Crippen MR) is 307 cm³/mol. The van der Waals surface area contributed by atoms with Crippen LogP contribution in [0.1, 0.15) is 303 Å². The first-order valence-electron chi connectivity index (χ1n) is 30.4. The molecule has 0 rings (SSSR count). The van der Waals surface area contributed by atoms with E-state index in [-0.39, 0.29) is 31.1 Å². The molecule has 0 N–H and O–H groups in total. The van der Waals surface area contributed by atoms with Crippen LogP contribution in [-0.2, 0) is 28.6 Å². The largest absolute Gasteiger partial charge is 0.462 e. The second-order valence-electron chi connectivity index (χ2n) is 20.2. The second kappa shape index (κ2) is 59.4. The maximum Gasteiger partial charge on any atom is 0.306 e. The van der Waals surface area contributed by atoms with Gasteiger partial charge in [0, 0.05) is 19.3 Å². The lowest BCUT2D eigenvalue weighted by Crippen LogP contribution is -2.30. The molecule has 410 valence electrons. The molecule has 0 saturated heterocycles. The van der Waals surface area contributed by atoms with Gasteiger partial charge in [0.25, 0.3) is 0 Å². The van der Waals surface area contributed by atoms with Crippen LogP contribution >= 0.6 is 0 Å². The van der Waals surface area contributed by atoms with E-state index in [0.29, 0.717) is 19.3 Å². The highest BCUT2D eigenvalue weighted by Gasteiger charge is 2.19. The summed E-state index contributed by atoms with van der Waals surface area (Å²) in [5, 5.41) is 0. The van der Waals surface area contributed by atoms with Crippen LogP contribution in [0.2, 0.25) is 0 Å². The molecule has 6 nitrogen and oxygen atoms in total. The lowest BCUT2D eigenvalue weighted by Gasteiger charge is -2.18. The van der Waals surface area contributed by atoms with Gasteiger partial charge in [-0.05, 0) is 89.9 Å². The summed E-state index contributed by atoms with van der Waals surface area (Å²) in [6.45, 7) is 6.50. The molecule has 0 aliphatic heterocycles. The van der Waals surface area contributed by atoms with Crippen molar-refractivity contribution < 1.29 is 28.6 Å². The van der Waals surface area contributed by atoms with Gasteiger partial charge in [-0.25, -0.2) is 0 Å². The topological polar surface area (TPSA) is 78.9 Å². The molecule has 0 aromatic rings. The number of hydrogen-bond acceptors (Lipinski definition) is 6. The predicted octanol–water partition coefficient (Wildman–Crippen LogP) is 20.5. The molecule has 0 amide bonds. The molecule has 0 saturated carbocycles. The molecular formula is C65H114O6. The van der Waals surface area contributed by atoms with Gasteiger partial charge in [-0.2, -0.15) is 0 Å². The Hall–Kier alpha value is -3.15. The van der Waals surface area contributed by atoms with E-state index in [4.69, 9.17) is 14.2 Å². The molecule has 0 heterocycles. The molecule has 0 aromatic heterocycles. The zero-order valence-corrected chi connectivity index (χ0v) is 47.0. The molecule has 0 aliphatic carbocycles. The monoisotopic (exact) mass is 991 g/mol. The lowest BCUT2D eigenvalue weighted by atomic mass is 10.0. The molecule has 0 spiro atoms. The van der Waals surface area contributed by atoms with Gasteiger partial charge >= 0.3 is 17.9 Å². The highest BCUT2D eigenvalue weighted by molar-refractivity contribution is 5.71. The van der Waals surface area contributed by atoms with Crippen LogP contribution < -0.4 is 0 Å². The van der Waals surface area contributed by atoms with Gasteiger partial charge < -0.3 is 14.2 Å². The number of allylic oxidation sites excluding steroid dienone is 12. The molecule has 1 unspecified atom stereocenters. The summed E-state index contributed by atoms with van der Waals surface area (Å²) in [4.78, 5) is 38.0. The van der Waals surface area contributed by atoms with Crippen LogP contribution in [0.3, 0.4) is 0 Å². The minimum atomic E-state index is -0.774. The molecule has 0 bridgehead atoms. The minimum absolute atomic E-state index is 0.0745. The highest BCUT2D eigenvalue weighted by atomic mass is 16.6. The first-order chi connectivity index (χ1) is 35.0. The van der Waals surface area contributed by atoms with E-state index in [1.165, 1.54) is 173 Å². The number of carbonyl (C=O) groups is 3. The third kappa shape index (κ3) is 57.6. The van der Waals surface area contributed by atoms with E-state index < -0.39 is 6.10 Å². The van der Waals surface area contributed by atoms with Gasteiger partial charge in [-0.15, -0.1) is 0 Å². The number of esters is 3. The van der Waals surface area contributed by atoms with E-state index in [2.05, 4.69) is 93.7 Å². The number of ether oxygens (including phenoxy) is 3. The maximum absolute atomic E-state index is 12.8. The number of unbranched alkanes of at least 4 members (excludes halogenated alkanes) is 32. The zero-order valence-electron chi connectivity index (χ0n) is 47.0. The van der Waals surface area contributed by atoms with Crippen LogP contribution in [0.4, 0.5) is 0 Å². The summed E-state index contributed by atoms with van der Waals surface area (Å²) in [5.74, 6) is -0.875. The Labute approximate surface area is 440 Å². The van der Waals surface area contributed by atoms with Crippen molar-refractivity contribution in [2.45, 2.75) is 309 Å². The summed E-state index contributed by atoms with van der Waals surface area (Å²) >= 11 is 0. The normalized spacial score (nSPS) is 12.5. The Kier molecular flexibility index (Phi) is 56.8. The fourth-order valence-electron chi connectivity index (χ4n) is 8.64. The van der Waals surface area contributed by atoms with E-state index in [0.717, 1.165) is 89.9 Å². The van der Waals surface area contributed by atoms with Gasteiger partial charge in [0.15, 0.2) is 6.10 Å². The third-order valence-electron chi connectivity index (χ3n) is 13.2. The van der Waals surface area contributed by atoms with Crippen LogP contribution in [0.15, 0.2) is 72.9 Å². The molecule has 0 radical (unpaired) electrons. The standard InChI is InChI=1S/C65H114O6/c1-4-7-10-13-16-18-20-22-24-26-28-29-30-31-32-33-34-35-37-38-40-42-44-46-49-52-55-58-64(67)70-61-62(60-69-63(66)57-54-51-48-15-12-9-6-3)71-65(68)59-56-53-50-47-45-43-41-39-36-27-25-23-21-19-17-14-11-8-5-2/h7,10,16,18,22-25,28-29,31-32,62H,4-6,8-9,11-15,17,19-21,26-27,30,33-61H2,1-3H3/b10-7-,18-16-,24-22-,25-23-,29-28-,32-31-. The Morgan fingerprint density at radius 1 is 0.296 bits per heavy atom. The van der Waals surface area contributed by atoms with Crippen LogP contribution in [0.25, 0.3) is 0 Å². The van der Waals surface area contributed by atoms with Crippen molar-refractivity contribution in [1.29, 1.82) is 0 Å². The van der Waals surface area contributed by atoms with Crippen molar-refractivity contribution in [2.75, 3.05) is 13.2 Å². The number of hydrogen-bond donors (Lipinski definition) is 0. The average molecular weight is 992 g/mol. The van der Waals surface area contributed by atoms with Gasteiger partial charge in [0.2, 0.25) is 0 Å². The minimum Gasteiger partial charge on any atom is -0.462 e. The fraction of sp³-hybridized carbons (Fsp3) is 0.769. The molecule has 1 atom stereocenters. The Bertz CT molecular complexity index is 1320. The SMILES string of the molecule is CC/C=C\C/C=C\C/C=C\C/C=C\C/C=C\CCCCCCCCCCCCCC(=O)OCC(COC(=O)CCCCCCCCC)OC(=O)CCCCCCCCCCC/C=C\CCCCCCCC. The van der Waals surface area contributed by atoms with E-state index in [1.807, 2.05) is 0 Å². The van der Waals surface area contributed by atoms with E-state index >= 15 is 0 Å². The highest BCUT2D eigenvalue weighted by Crippen LogP contribution is 2.16. The molecule has 0 aromatic carbocycles. The van der Waals surface area contributed by atoms with Crippen LogP contribution in [0.5, 0.6) is 0 Å². The number of carbonyl (C=O) groups excluding carboxylic acids is 3. The van der Waals surface area contributed by atoms with Crippen molar-refractivity contribution in [3.63, 3.8) is 0 Å². The summed E-state index contributed by atoms with van der Waals surface area (Å²) in [7, 11) is 0. The van der Waals surface area contributed by atoms with Gasteiger partial charge in [0.1, 0.15) is 13.2 Å². The Morgan fingerprint density at radius 3 is 0.873 bits per heavy atom. The number of rotatable bonds is 55. The molecule has 0 fully saturated rings. The Balaban J connectivity index is 4.14. The summed E-state index contributed by atoms with van der Waals surface area (Å²) in [6.07, 6.45) is 76.4. The molecule has 71 heavy (non-hydrogen) atoms. The third-order valence-corrected chi connectivity index (χ3v) is 13.2. The molecular weight excluding hydrogens is 877 g/mol. The van der Waals surface area contributed by atoms with Gasteiger partial charge in [-0.3, -0.25) is 14.4 Å². The second-order valence-corrected chi connectivity index (χ2v) is 20.2. The summed E-state index contributed by atoms with van der Waals surface area (Å²) in [5.41, 5.74) is 0. The van der Waals surface area contributed by atoms with Crippen molar-refractivity contribution in [1.82, 2.24) is 0 Å². The van der Waals surface area contributed by atoms with Crippen LogP contribution in [0, 0.1) is 0 Å². The fourth-order valence-corrected chi connectivity index (χ4v) is 8.64. The van der Waals surface area contributed by atoms with Crippen molar-refractivity contribution >= 4 is 17.9 Å². The van der Waals surface area contributed by atoms with E-state index in [1.54, 1.807) is 0 Å². The average Bonchev–Trinajstić information content (AvgIpc) is 3.37. The molecule has 0 aliphatic rings. The first-order valence-corrected chi connectivity index (χ1v) is 30.4. The maximum atomic E-state index is 12.8. The first kappa shape index (κ1) is 67.8. The smallest absolute Gasteiger partial charge is 0.306 e. The van der Waals surface area contributed by atoms with Gasteiger partial charge in [-0.1, -0.05) is 267 Å². The van der Waals surface area contributed by atoms with Gasteiger partial charge in [0.05, 0.1) is 0 Å². The van der Waals surface area contributed by atoms with E-state index in [9.17, 15) is 14.4 Å². The molecule has 6 heteroatoms. The lowest BCUT2D eigenvalue weighted by molar-refractivity contribution is -0.167. The van der Waals surface area contributed by atoms with Crippen molar-refractivity contribution in [3.8, 4) is 0 Å².